The molecule has 0 aliphatic heterocycles. The second-order valence-corrected chi connectivity index (χ2v) is 5.45. The number of hydrogen-bond acceptors (Lipinski definition) is 5. The molecule has 6 heteroatoms. The van der Waals surface area contributed by atoms with Crippen molar-refractivity contribution in [2.24, 2.45) is 5.73 Å². The van der Waals surface area contributed by atoms with Gasteiger partial charge in [0, 0.05) is 6.04 Å². The second-order valence-electron chi connectivity index (χ2n) is 5.45. The molecule has 1 aliphatic carbocycles. The number of nitrogens with two attached hydrogens (primary N) is 2. The van der Waals surface area contributed by atoms with Crippen LogP contribution in [0.2, 0.25) is 0 Å². The van der Waals surface area contributed by atoms with E-state index in [0.29, 0.717) is 11.6 Å². The number of amides is 1. The number of para-hydroxylation sites is 2. The smallest absolute Gasteiger partial charge is 0.237 e. The Balaban J connectivity index is 2.04. The lowest BCUT2D eigenvalue weighted by Crippen LogP contribution is -2.41. The summed E-state index contributed by atoms with van der Waals surface area (Å²) in [6.45, 7) is 0.127. The molecule has 6 nitrogen and oxygen atoms in total. The van der Waals surface area contributed by atoms with E-state index in [1.165, 1.54) is 0 Å². The van der Waals surface area contributed by atoms with Crippen molar-refractivity contribution in [2.75, 3.05) is 17.2 Å². The SMILES string of the molecule is NC(=O)CN(c1nc2ccccc2nc1N)C1CCCC1. The number of anilines is 2. The molecule has 0 saturated heterocycles. The molecule has 1 amide bonds. The normalized spacial score (nSPS) is 15.4. The van der Waals surface area contributed by atoms with Crippen LogP contribution < -0.4 is 16.4 Å². The van der Waals surface area contributed by atoms with E-state index in [1.54, 1.807) is 0 Å². The van der Waals surface area contributed by atoms with Gasteiger partial charge in [0.15, 0.2) is 11.6 Å². The van der Waals surface area contributed by atoms with Crippen LogP contribution in [-0.2, 0) is 4.79 Å². The lowest BCUT2D eigenvalue weighted by Gasteiger charge is -2.29. The summed E-state index contributed by atoms with van der Waals surface area (Å²) in [6.07, 6.45) is 4.37. The molecule has 1 heterocycles. The summed E-state index contributed by atoms with van der Waals surface area (Å²) >= 11 is 0. The van der Waals surface area contributed by atoms with E-state index < -0.39 is 0 Å². The average Bonchev–Trinajstić information content (AvgIpc) is 2.98. The summed E-state index contributed by atoms with van der Waals surface area (Å²) in [5.41, 5.74) is 13.0. The number of carbonyl (C=O) groups is 1. The maximum absolute atomic E-state index is 11.4. The van der Waals surface area contributed by atoms with Crippen molar-refractivity contribution in [3.05, 3.63) is 24.3 Å². The van der Waals surface area contributed by atoms with Crippen molar-refractivity contribution in [1.29, 1.82) is 0 Å². The van der Waals surface area contributed by atoms with Crippen molar-refractivity contribution < 1.29 is 4.79 Å². The van der Waals surface area contributed by atoms with E-state index in [9.17, 15) is 4.79 Å². The Labute approximate surface area is 123 Å². The predicted octanol–water partition coefficient (Wildman–Crippen LogP) is 1.45. The van der Waals surface area contributed by atoms with Crippen LogP contribution in [-0.4, -0.2) is 28.5 Å². The fraction of sp³-hybridized carbons (Fsp3) is 0.400. The number of hydrogen-bond donors (Lipinski definition) is 2. The predicted molar refractivity (Wildman–Crippen MR) is 82.7 cm³/mol. The van der Waals surface area contributed by atoms with Gasteiger partial charge in [-0.25, -0.2) is 9.97 Å². The van der Waals surface area contributed by atoms with Gasteiger partial charge in [-0.1, -0.05) is 25.0 Å². The maximum atomic E-state index is 11.4. The van der Waals surface area contributed by atoms with E-state index in [2.05, 4.69) is 9.97 Å². The number of aromatic nitrogens is 2. The summed E-state index contributed by atoms with van der Waals surface area (Å²) in [5, 5.41) is 0. The van der Waals surface area contributed by atoms with Gasteiger partial charge in [0.1, 0.15) is 0 Å². The first-order valence-electron chi connectivity index (χ1n) is 7.22. The third-order valence-corrected chi connectivity index (χ3v) is 3.94. The number of rotatable bonds is 4. The molecule has 1 aliphatic rings. The highest BCUT2D eigenvalue weighted by atomic mass is 16.1. The highest BCUT2D eigenvalue weighted by Gasteiger charge is 2.27. The summed E-state index contributed by atoms with van der Waals surface area (Å²) in [4.78, 5) is 22.3. The zero-order chi connectivity index (χ0) is 14.8. The van der Waals surface area contributed by atoms with Gasteiger partial charge >= 0.3 is 0 Å². The Morgan fingerprint density at radius 2 is 1.81 bits per heavy atom. The molecule has 110 valence electrons. The largest absolute Gasteiger partial charge is 0.381 e. The molecule has 3 rings (SSSR count). The molecule has 0 unspecified atom stereocenters. The molecule has 1 saturated carbocycles. The Bertz CT molecular complexity index is 666. The third-order valence-electron chi connectivity index (χ3n) is 3.94. The lowest BCUT2D eigenvalue weighted by atomic mass is 10.2. The Kier molecular flexibility index (Phi) is 3.60. The summed E-state index contributed by atoms with van der Waals surface area (Å²) in [6, 6.07) is 7.83. The van der Waals surface area contributed by atoms with E-state index >= 15 is 0 Å². The maximum Gasteiger partial charge on any atom is 0.237 e. The first-order valence-corrected chi connectivity index (χ1v) is 7.22. The Hall–Kier alpha value is -2.37. The lowest BCUT2D eigenvalue weighted by molar-refractivity contribution is -0.116. The quantitative estimate of drug-likeness (QED) is 0.885. The molecule has 2 aromatic rings. The molecular weight excluding hydrogens is 266 g/mol. The molecule has 4 N–H and O–H groups in total. The van der Waals surface area contributed by atoms with Crippen LogP contribution in [0.1, 0.15) is 25.7 Å². The van der Waals surface area contributed by atoms with Gasteiger partial charge in [-0.15, -0.1) is 0 Å². The van der Waals surface area contributed by atoms with Gasteiger partial charge in [0.25, 0.3) is 0 Å². The standard InChI is InChI=1S/C15H19N5O/c16-13(21)9-20(10-5-1-2-6-10)15-14(17)18-11-7-3-4-8-12(11)19-15/h3-4,7-8,10H,1-2,5-6,9H2,(H2,16,21)(H2,17,18). The van der Waals surface area contributed by atoms with Gasteiger partial charge < -0.3 is 16.4 Å². The molecule has 21 heavy (non-hydrogen) atoms. The van der Waals surface area contributed by atoms with Crippen molar-refractivity contribution >= 4 is 28.6 Å². The van der Waals surface area contributed by atoms with Crippen LogP contribution in [0.15, 0.2) is 24.3 Å². The van der Waals surface area contributed by atoms with Crippen molar-refractivity contribution in [3.8, 4) is 0 Å². The number of carbonyl (C=O) groups excluding carboxylic acids is 1. The van der Waals surface area contributed by atoms with Crippen LogP contribution in [0.4, 0.5) is 11.6 Å². The zero-order valence-corrected chi connectivity index (χ0v) is 11.8. The first-order chi connectivity index (χ1) is 10.1. The fourth-order valence-corrected chi connectivity index (χ4v) is 2.98. The number of nitrogens with zero attached hydrogens (tertiary/aromatic N) is 3. The molecule has 0 radical (unpaired) electrons. The van der Waals surface area contributed by atoms with Crippen LogP contribution in [0.3, 0.4) is 0 Å². The topological polar surface area (TPSA) is 98.1 Å². The van der Waals surface area contributed by atoms with Gasteiger partial charge in [-0.05, 0) is 25.0 Å². The van der Waals surface area contributed by atoms with Crippen LogP contribution in [0.25, 0.3) is 11.0 Å². The van der Waals surface area contributed by atoms with Crippen LogP contribution in [0.5, 0.6) is 0 Å². The average molecular weight is 285 g/mol. The minimum Gasteiger partial charge on any atom is -0.381 e. The molecule has 0 atom stereocenters. The second kappa shape index (κ2) is 5.55. The van der Waals surface area contributed by atoms with Gasteiger partial charge in [-0.3, -0.25) is 4.79 Å². The Morgan fingerprint density at radius 3 is 2.43 bits per heavy atom. The van der Waals surface area contributed by atoms with E-state index in [0.717, 1.165) is 36.7 Å². The summed E-state index contributed by atoms with van der Waals surface area (Å²) < 4.78 is 0. The molecular formula is C15H19N5O. The number of fused-ring (bicyclic) bond motifs is 1. The number of benzene rings is 1. The summed E-state index contributed by atoms with van der Waals surface area (Å²) in [7, 11) is 0. The molecule has 0 bridgehead atoms. The van der Waals surface area contributed by atoms with Gasteiger partial charge in [0.2, 0.25) is 5.91 Å². The zero-order valence-electron chi connectivity index (χ0n) is 11.8. The fourth-order valence-electron chi connectivity index (χ4n) is 2.98. The molecule has 0 spiro atoms. The van der Waals surface area contributed by atoms with Crippen molar-refractivity contribution in [2.45, 2.75) is 31.7 Å². The van der Waals surface area contributed by atoms with Crippen LogP contribution >= 0.6 is 0 Å². The molecule has 1 aromatic heterocycles. The highest BCUT2D eigenvalue weighted by molar-refractivity contribution is 5.83. The first kappa shape index (κ1) is 13.6. The minimum absolute atomic E-state index is 0.127. The third kappa shape index (κ3) is 2.74. The molecule has 1 fully saturated rings. The monoisotopic (exact) mass is 285 g/mol. The number of nitrogen functional groups attached to an aromatic ring is 1. The van der Waals surface area contributed by atoms with Gasteiger partial charge in [0.05, 0.1) is 17.6 Å². The van der Waals surface area contributed by atoms with E-state index in [4.69, 9.17) is 11.5 Å². The highest BCUT2D eigenvalue weighted by Crippen LogP contribution is 2.30. The Morgan fingerprint density at radius 1 is 1.19 bits per heavy atom. The van der Waals surface area contributed by atoms with E-state index in [-0.39, 0.29) is 18.5 Å². The molecule has 1 aromatic carbocycles. The van der Waals surface area contributed by atoms with E-state index in [1.807, 2.05) is 29.2 Å². The number of primary amides is 1. The van der Waals surface area contributed by atoms with Crippen molar-refractivity contribution in [3.63, 3.8) is 0 Å². The summed E-state index contributed by atoms with van der Waals surface area (Å²) in [5.74, 6) is 0.539. The minimum atomic E-state index is -0.378. The van der Waals surface area contributed by atoms with Gasteiger partial charge in [-0.2, -0.15) is 0 Å². The van der Waals surface area contributed by atoms with Crippen LogP contribution in [0, 0.1) is 0 Å². The van der Waals surface area contributed by atoms with Crippen molar-refractivity contribution in [1.82, 2.24) is 9.97 Å².